The molecule has 0 fully saturated rings. The molecule has 2 rings (SSSR count). The molecule has 22 heavy (non-hydrogen) atoms. The van der Waals surface area contributed by atoms with Crippen LogP contribution in [0, 0.1) is 13.8 Å². The quantitative estimate of drug-likeness (QED) is 0.780. The summed E-state index contributed by atoms with van der Waals surface area (Å²) < 4.78 is 5.60. The van der Waals surface area contributed by atoms with E-state index in [1.807, 2.05) is 37.3 Å². The molecule has 1 heterocycles. The third kappa shape index (κ3) is 4.60. The van der Waals surface area contributed by atoms with Gasteiger partial charge in [-0.15, -0.1) is 11.3 Å². The number of rotatable bonds is 7. The number of nitrogens with one attached hydrogen (secondary N) is 1. The van der Waals surface area contributed by atoms with Crippen molar-refractivity contribution in [1.82, 2.24) is 5.32 Å². The molecule has 2 aromatic rings. The van der Waals surface area contributed by atoms with Crippen LogP contribution >= 0.6 is 11.3 Å². The van der Waals surface area contributed by atoms with Crippen LogP contribution in [0.3, 0.4) is 0 Å². The fraction of sp³-hybridized carbons (Fsp3) is 0.389. The first-order valence-corrected chi connectivity index (χ1v) is 8.48. The number of thiophene rings is 1. The molecular formula is C18H23NO2S. The van der Waals surface area contributed by atoms with Gasteiger partial charge in [0.05, 0.1) is 11.4 Å². The van der Waals surface area contributed by atoms with Gasteiger partial charge in [-0.2, -0.15) is 0 Å². The minimum atomic E-state index is -0.0111. The number of hydrogen-bond acceptors (Lipinski definition) is 3. The van der Waals surface area contributed by atoms with Gasteiger partial charge in [-0.05, 0) is 44.0 Å². The number of aryl methyl sites for hydroxylation is 3. The van der Waals surface area contributed by atoms with Gasteiger partial charge in [-0.3, -0.25) is 4.79 Å². The van der Waals surface area contributed by atoms with Crippen LogP contribution in [0.2, 0.25) is 0 Å². The number of carbonyl (C=O) groups is 1. The molecule has 0 aliphatic heterocycles. The second-order valence-electron chi connectivity index (χ2n) is 5.36. The Kier molecular flexibility index (Phi) is 6.01. The molecule has 0 spiro atoms. The fourth-order valence-corrected chi connectivity index (χ4v) is 3.19. The van der Waals surface area contributed by atoms with E-state index in [0.29, 0.717) is 13.2 Å². The van der Waals surface area contributed by atoms with Gasteiger partial charge in [-0.25, -0.2) is 0 Å². The van der Waals surface area contributed by atoms with E-state index < -0.39 is 0 Å². The summed E-state index contributed by atoms with van der Waals surface area (Å²) in [4.78, 5) is 14.1. The molecule has 0 unspecified atom stereocenters. The summed E-state index contributed by atoms with van der Waals surface area (Å²) in [5.74, 6) is 0.819. The Morgan fingerprint density at radius 2 is 1.95 bits per heavy atom. The minimum absolute atomic E-state index is 0.0111. The van der Waals surface area contributed by atoms with Crippen molar-refractivity contribution in [3.63, 3.8) is 0 Å². The van der Waals surface area contributed by atoms with Crippen molar-refractivity contribution in [3.05, 3.63) is 51.2 Å². The summed E-state index contributed by atoms with van der Waals surface area (Å²) in [6.45, 7) is 7.25. The first-order valence-electron chi connectivity index (χ1n) is 7.67. The standard InChI is InChI=1S/C18H23NO2S/c1-4-5-15-12-17(22-14(15)3)18(20)19-10-11-21-16-8-6-13(2)7-9-16/h6-9,12H,4-5,10-11H2,1-3H3,(H,19,20). The van der Waals surface area contributed by atoms with Crippen molar-refractivity contribution in [3.8, 4) is 5.75 Å². The van der Waals surface area contributed by atoms with E-state index in [1.54, 1.807) is 11.3 Å². The van der Waals surface area contributed by atoms with Gasteiger partial charge in [0, 0.05) is 4.88 Å². The van der Waals surface area contributed by atoms with E-state index in [9.17, 15) is 4.79 Å². The Labute approximate surface area is 136 Å². The number of carbonyl (C=O) groups excluding carboxylic acids is 1. The molecule has 118 valence electrons. The molecule has 0 radical (unpaired) electrons. The van der Waals surface area contributed by atoms with Gasteiger partial charge in [0.2, 0.25) is 0 Å². The lowest BCUT2D eigenvalue weighted by Crippen LogP contribution is -2.27. The Morgan fingerprint density at radius 3 is 2.64 bits per heavy atom. The summed E-state index contributed by atoms with van der Waals surface area (Å²) in [5.41, 5.74) is 2.49. The Bertz CT molecular complexity index is 617. The maximum atomic E-state index is 12.1. The van der Waals surface area contributed by atoms with Crippen molar-refractivity contribution in [2.75, 3.05) is 13.2 Å². The van der Waals surface area contributed by atoms with Crippen LogP contribution in [0.1, 0.15) is 39.0 Å². The molecule has 3 nitrogen and oxygen atoms in total. The van der Waals surface area contributed by atoms with Crippen LogP contribution < -0.4 is 10.1 Å². The Balaban J connectivity index is 1.78. The van der Waals surface area contributed by atoms with Gasteiger partial charge in [0.25, 0.3) is 5.91 Å². The van der Waals surface area contributed by atoms with Gasteiger partial charge >= 0.3 is 0 Å². The first kappa shape index (κ1) is 16.6. The van der Waals surface area contributed by atoms with E-state index >= 15 is 0 Å². The zero-order valence-electron chi connectivity index (χ0n) is 13.4. The summed E-state index contributed by atoms with van der Waals surface area (Å²) in [5, 5.41) is 2.91. The van der Waals surface area contributed by atoms with Gasteiger partial charge in [-0.1, -0.05) is 31.0 Å². The lowest BCUT2D eigenvalue weighted by molar-refractivity contribution is 0.0951. The van der Waals surface area contributed by atoms with Crippen LogP contribution in [-0.2, 0) is 6.42 Å². The smallest absolute Gasteiger partial charge is 0.261 e. The molecule has 0 aliphatic carbocycles. The van der Waals surface area contributed by atoms with Gasteiger partial charge < -0.3 is 10.1 Å². The third-order valence-electron chi connectivity index (χ3n) is 3.44. The normalized spacial score (nSPS) is 10.5. The van der Waals surface area contributed by atoms with Gasteiger partial charge in [0.1, 0.15) is 12.4 Å². The SMILES string of the molecule is CCCc1cc(C(=O)NCCOc2ccc(C)cc2)sc1C. The fourth-order valence-electron chi connectivity index (χ4n) is 2.20. The van der Waals surface area contributed by atoms with E-state index in [1.165, 1.54) is 16.0 Å². The van der Waals surface area contributed by atoms with Crippen molar-refractivity contribution in [2.45, 2.75) is 33.6 Å². The molecule has 0 aliphatic rings. The van der Waals surface area contributed by atoms with Crippen LogP contribution in [0.25, 0.3) is 0 Å². The molecule has 1 N–H and O–H groups in total. The average molecular weight is 317 g/mol. The van der Waals surface area contributed by atoms with Gasteiger partial charge in [0.15, 0.2) is 0 Å². The van der Waals surface area contributed by atoms with Crippen molar-refractivity contribution in [2.24, 2.45) is 0 Å². The molecular weight excluding hydrogens is 294 g/mol. The van der Waals surface area contributed by atoms with Crippen LogP contribution in [0.15, 0.2) is 30.3 Å². The van der Waals surface area contributed by atoms with E-state index in [-0.39, 0.29) is 5.91 Å². The van der Waals surface area contributed by atoms with E-state index in [4.69, 9.17) is 4.74 Å². The number of ether oxygens (including phenoxy) is 1. The number of hydrogen-bond donors (Lipinski definition) is 1. The minimum Gasteiger partial charge on any atom is -0.492 e. The molecule has 1 amide bonds. The lowest BCUT2D eigenvalue weighted by Gasteiger charge is -2.07. The second kappa shape index (κ2) is 7.99. The predicted octanol–water partition coefficient (Wildman–Crippen LogP) is 4.13. The summed E-state index contributed by atoms with van der Waals surface area (Å²) in [6.07, 6.45) is 2.13. The van der Waals surface area contributed by atoms with Crippen molar-refractivity contribution < 1.29 is 9.53 Å². The largest absolute Gasteiger partial charge is 0.492 e. The van der Waals surface area contributed by atoms with Crippen LogP contribution in [0.5, 0.6) is 5.75 Å². The number of amides is 1. The molecule has 0 bridgehead atoms. The topological polar surface area (TPSA) is 38.3 Å². The highest BCUT2D eigenvalue weighted by Crippen LogP contribution is 2.22. The monoisotopic (exact) mass is 317 g/mol. The Morgan fingerprint density at radius 1 is 1.23 bits per heavy atom. The zero-order chi connectivity index (χ0) is 15.9. The predicted molar refractivity (Wildman–Crippen MR) is 92.1 cm³/mol. The van der Waals surface area contributed by atoms with Crippen LogP contribution in [0.4, 0.5) is 0 Å². The molecule has 4 heteroatoms. The summed E-state index contributed by atoms with van der Waals surface area (Å²) in [6, 6.07) is 9.92. The molecule has 0 saturated carbocycles. The van der Waals surface area contributed by atoms with E-state index in [2.05, 4.69) is 19.2 Å². The van der Waals surface area contributed by atoms with Crippen molar-refractivity contribution >= 4 is 17.2 Å². The highest BCUT2D eigenvalue weighted by Gasteiger charge is 2.11. The highest BCUT2D eigenvalue weighted by atomic mass is 32.1. The molecule has 0 saturated heterocycles. The van der Waals surface area contributed by atoms with Crippen molar-refractivity contribution in [1.29, 1.82) is 0 Å². The summed E-state index contributed by atoms with van der Waals surface area (Å²) in [7, 11) is 0. The maximum Gasteiger partial charge on any atom is 0.261 e. The first-order chi connectivity index (χ1) is 10.6. The third-order valence-corrected chi connectivity index (χ3v) is 4.53. The second-order valence-corrected chi connectivity index (χ2v) is 6.62. The van der Waals surface area contributed by atoms with Crippen LogP contribution in [-0.4, -0.2) is 19.1 Å². The Hall–Kier alpha value is -1.81. The molecule has 1 aromatic carbocycles. The number of benzene rings is 1. The zero-order valence-corrected chi connectivity index (χ0v) is 14.3. The highest BCUT2D eigenvalue weighted by molar-refractivity contribution is 7.14. The lowest BCUT2D eigenvalue weighted by atomic mass is 10.1. The molecule has 1 aromatic heterocycles. The maximum absolute atomic E-state index is 12.1. The summed E-state index contributed by atoms with van der Waals surface area (Å²) >= 11 is 1.57. The van der Waals surface area contributed by atoms with E-state index in [0.717, 1.165) is 23.5 Å². The average Bonchev–Trinajstić information content (AvgIpc) is 2.87. The molecule has 0 atom stereocenters.